The molecule has 0 N–H and O–H groups in total. The summed E-state index contributed by atoms with van der Waals surface area (Å²) in [6, 6.07) is 64.5. The Morgan fingerprint density at radius 2 is 0.705 bits per heavy atom. The predicted molar refractivity (Wildman–Crippen MR) is 385 cm³/mol. The zero-order valence-electron chi connectivity index (χ0n) is 53.5. The molecule has 7 aromatic carbocycles. The van der Waals surface area contributed by atoms with Crippen LogP contribution in [0.15, 0.2) is 225 Å². The summed E-state index contributed by atoms with van der Waals surface area (Å²) in [6.07, 6.45) is 10.9. The molecular formula is C80H61BCl2N10O2. The minimum atomic E-state index is -0.397. The van der Waals surface area contributed by atoms with E-state index in [1.165, 1.54) is 44.5 Å². The lowest BCUT2D eigenvalue weighted by atomic mass is 9.77. The van der Waals surface area contributed by atoms with Crippen molar-refractivity contribution in [2.24, 2.45) is 0 Å². The molecule has 95 heavy (non-hydrogen) atoms. The van der Waals surface area contributed by atoms with Gasteiger partial charge in [0.25, 0.3) is 0 Å². The van der Waals surface area contributed by atoms with Crippen molar-refractivity contribution in [2.45, 2.75) is 77.4 Å². The average Bonchev–Trinajstić information content (AvgIpc) is 1.69. The van der Waals surface area contributed by atoms with Gasteiger partial charge in [-0.3, -0.25) is 29.9 Å². The zero-order chi connectivity index (χ0) is 65.1. The second-order valence-corrected chi connectivity index (χ2v) is 27.3. The molecule has 0 unspecified atom stereocenters. The molecule has 15 aromatic rings. The molecule has 0 atom stereocenters. The van der Waals surface area contributed by atoms with E-state index in [2.05, 4.69) is 219 Å². The van der Waals surface area contributed by atoms with Crippen molar-refractivity contribution in [1.82, 2.24) is 49.8 Å². The first-order valence-electron chi connectivity index (χ1n) is 31.7. The highest BCUT2D eigenvalue weighted by atomic mass is 35.5. The Hall–Kier alpha value is -10.3. The highest BCUT2D eigenvalue weighted by Gasteiger charge is 2.52. The van der Waals surface area contributed by atoms with Crippen molar-refractivity contribution >= 4 is 101 Å². The van der Waals surface area contributed by atoms with Gasteiger partial charge in [-0.15, -0.1) is 0 Å². The van der Waals surface area contributed by atoms with Crippen LogP contribution in [0.2, 0.25) is 10.3 Å². The minimum absolute atomic E-state index is 0.0513. The van der Waals surface area contributed by atoms with E-state index < -0.39 is 7.12 Å². The molecular weight excluding hydrogens is 1210 g/mol. The van der Waals surface area contributed by atoms with Crippen LogP contribution < -0.4 is 5.46 Å². The van der Waals surface area contributed by atoms with Crippen molar-refractivity contribution in [2.75, 3.05) is 0 Å². The summed E-state index contributed by atoms with van der Waals surface area (Å²) < 4.78 is 12.4. The Morgan fingerprint density at radius 1 is 0.316 bits per heavy atom. The van der Waals surface area contributed by atoms with Crippen LogP contribution in [-0.4, -0.2) is 68.2 Å². The second kappa shape index (κ2) is 22.7. The summed E-state index contributed by atoms with van der Waals surface area (Å²) in [5.74, 6) is 1.21. The molecule has 1 aliphatic heterocycles. The molecule has 15 heteroatoms. The van der Waals surface area contributed by atoms with E-state index in [9.17, 15) is 0 Å². The van der Waals surface area contributed by atoms with E-state index in [4.69, 9.17) is 52.4 Å². The molecule has 9 heterocycles. The van der Waals surface area contributed by atoms with Crippen LogP contribution in [0.5, 0.6) is 0 Å². The largest absolute Gasteiger partial charge is 0.495 e. The summed E-state index contributed by atoms with van der Waals surface area (Å²) in [5, 5.41) is 6.89. The Labute approximate surface area is 559 Å². The molecule has 12 nitrogen and oxygen atoms in total. The molecule has 0 saturated carbocycles. The van der Waals surface area contributed by atoms with E-state index >= 15 is 0 Å². The van der Waals surface area contributed by atoms with Crippen molar-refractivity contribution in [3.63, 3.8) is 0 Å². The minimum Gasteiger partial charge on any atom is -0.399 e. The Morgan fingerprint density at radius 3 is 1.17 bits per heavy atom. The van der Waals surface area contributed by atoms with E-state index in [-0.39, 0.29) is 22.0 Å². The van der Waals surface area contributed by atoms with Crippen LogP contribution in [-0.2, 0) is 20.1 Å². The third kappa shape index (κ3) is 10.1. The molecule has 0 spiro atoms. The molecule has 0 bridgehead atoms. The molecule has 460 valence electrons. The fourth-order valence-corrected chi connectivity index (χ4v) is 14.4. The Bertz CT molecular complexity index is 5490. The Balaban J connectivity index is 0.000000128. The van der Waals surface area contributed by atoms with Gasteiger partial charge in [-0.25, -0.2) is 19.9 Å². The van der Waals surface area contributed by atoms with E-state index in [0.717, 1.165) is 105 Å². The smallest absolute Gasteiger partial charge is 0.399 e. The van der Waals surface area contributed by atoms with Gasteiger partial charge >= 0.3 is 7.12 Å². The van der Waals surface area contributed by atoms with Gasteiger partial charge in [0.15, 0.2) is 11.6 Å². The summed E-state index contributed by atoms with van der Waals surface area (Å²) in [7, 11) is -0.397. The number of hydrogen-bond donors (Lipinski definition) is 0. The number of pyridine rings is 6. The fourth-order valence-electron chi connectivity index (χ4n) is 14.0. The van der Waals surface area contributed by atoms with Crippen molar-refractivity contribution in [3.8, 4) is 67.5 Å². The summed E-state index contributed by atoms with van der Waals surface area (Å²) in [6.45, 7) is 17.3. The van der Waals surface area contributed by atoms with Gasteiger partial charge in [0, 0.05) is 109 Å². The van der Waals surface area contributed by atoms with Crippen LogP contribution in [0.3, 0.4) is 0 Å². The third-order valence-electron chi connectivity index (χ3n) is 19.6. The normalized spacial score (nSPS) is 15.1. The highest BCUT2D eigenvalue weighted by molar-refractivity contribution is 6.65. The van der Waals surface area contributed by atoms with Crippen molar-refractivity contribution in [3.05, 3.63) is 258 Å². The average molecular weight is 1280 g/mol. The zero-order valence-corrected chi connectivity index (χ0v) is 55.0. The fraction of sp³-hybridized carbons (Fsp3) is 0.150. The van der Waals surface area contributed by atoms with Gasteiger partial charge in [0.05, 0.1) is 55.7 Å². The van der Waals surface area contributed by atoms with E-state index in [1.54, 1.807) is 18.5 Å². The van der Waals surface area contributed by atoms with Crippen molar-refractivity contribution < 1.29 is 9.31 Å². The quantitative estimate of drug-likeness (QED) is 0.0918. The Kier molecular flexibility index (Phi) is 14.3. The van der Waals surface area contributed by atoms with Crippen LogP contribution >= 0.6 is 23.2 Å². The maximum absolute atomic E-state index is 6.20. The molecule has 1 fully saturated rings. The molecule has 1 saturated heterocycles. The van der Waals surface area contributed by atoms with Crippen LogP contribution in [0.25, 0.3) is 133 Å². The van der Waals surface area contributed by atoms with E-state index in [1.807, 2.05) is 73.3 Å². The first kappa shape index (κ1) is 59.7. The molecule has 0 amide bonds. The van der Waals surface area contributed by atoms with Gasteiger partial charge < -0.3 is 9.31 Å². The molecule has 2 aliphatic carbocycles. The second-order valence-electron chi connectivity index (χ2n) is 26.5. The molecule has 0 radical (unpaired) electrons. The predicted octanol–water partition coefficient (Wildman–Crippen LogP) is 18.8. The van der Waals surface area contributed by atoms with E-state index in [0.29, 0.717) is 22.0 Å². The van der Waals surface area contributed by atoms with Gasteiger partial charge in [0.1, 0.15) is 10.3 Å². The number of benzene rings is 7. The number of aromatic nitrogens is 10. The lowest BCUT2D eigenvalue weighted by Gasteiger charge is -2.32. The standard InChI is InChI=1S/C43H28N6.C19H14Cl2N2.C18H19BN2O2/c1-43(2)34-10-4-3-9-28(34)29-14-13-27(23-35(29)43)42-48-36(30-17-21-46-40-32(30)15-11-25-7-5-19-44-38(25)40)24-37(49-42)31-18-22-47-41-33(31)16-12-26-8-6-20-45-39(26)41;1-19(2)14-6-4-3-5-12(14)13-8-7-11(9-15(13)19)18-22-16(20)10-17(21)23-18;1-17(2)18(3,4)23-19(22-17)14-9-11-21-16-13(14)8-7-12-6-5-10-20-15(12)16/h3-24H,1-2H3;3-10H,1-2H3;5-11H,1-4H3. The molecule has 3 aliphatic rings. The van der Waals surface area contributed by atoms with Gasteiger partial charge in [-0.2, -0.15) is 0 Å². The highest BCUT2D eigenvalue weighted by Crippen LogP contribution is 2.51. The maximum atomic E-state index is 6.20. The topological polar surface area (TPSA) is 147 Å². The lowest BCUT2D eigenvalue weighted by Crippen LogP contribution is -2.41. The number of hydrogen-bond acceptors (Lipinski definition) is 12. The summed E-state index contributed by atoms with van der Waals surface area (Å²) in [5.41, 5.74) is 21.1. The lowest BCUT2D eigenvalue weighted by molar-refractivity contribution is 0.00578. The number of nitrogens with zero attached hydrogens (tertiary/aromatic N) is 10. The SMILES string of the molecule is CC1(C)OB(c2ccnc3c2ccc2cccnc23)OC1(C)C.CC1(C)c2ccccc2-c2ccc(-c3nc(-c4ccnc5c4ccc4cccnc45)cc(-c4ccnc5c4ccc4cccnc45)n3)cc21.CC1(C)c2ccccc2-c2ccc(-c3nc(Cl)cc(Cl)n3)cc21. The third-order valence-corrected chi connectivity index (χ3v) is 20.0. The summed E-state index contributed by atoms with van der Waals surface area (Å²) >= 11 is 12.0. The van der Waals surface area contributed by atoms with Gasteiger partial charge in [0.2, 0.25) is 0 Å². The van der Waals surface area contributed by atoms with Crippen molar-refractivity contribution in [1.29, 1.82) is 0 Å². The number of fused-ring (bicyclic) bond motifs is 15. The number of halogens is 2. The van der Waals surface area contributed by atoms with Crippen LogP contribution in [0, 0.1) is 0 Å². The maximum Gasteiger partial charge on any atom is 0.495 e. The molecule has 8 aromatic heterocycles. The summed E-state index contributed by atoms with van der Waals surface area (Å²) in [4.78, 5) is 47.2. The van der Waals surface area contributed by atoms with Gasteiger partial charge in [-0.1, -0.05) is 178 Å². The van der Waals surface area contributed by atoms with Gasteiger partial charge in [-0.05, 0) is 132 Å². The number of rotatable bonds is 5. The first-order valence-corrected chi connectivity index (χ1v) is 32.5. The molecule has 18 rings (SSSR count). The van der Waals surface area contributed by atoms with Crippen LogP contribution in [0.1, 0.15) is 77.6 Å². The first-order chi connectivity index (χ1) is 45.9. The van der Waals surface area contributed by atoms with Crippen LogP contribution in [0.4, 0.5) is 0 Å². The monoisotopic (exact) mass is 1270 g/mol.